The van der Waals surface area contributed by atoms with Gasteiger partial charge in [0.05, 0.1) is 0 Å². The summed E-state index contributed by atoms with van der Waals surface area (Å²) in [5.41, 5.74) is 2.16. The summed E-state index contributed by atoms with van der Waals surface area (Å²) >= 11 is -0.856. The molecule has 9 rings (SSSR count). The fraction of sp³-hybridized carbons (Fsp3) is 0.0909. The van der Waals surface area contributed by atoms with Crippen molar-refractivity contribution in [1.82, 2.24) is 4.57 Å². The van der Waals surface area contributed by atoms with Crippen LogP contribution in [0.3, 0.4) is 0 Å². The normalized spacial score (nSPS) is 12.9. The first-order valence-electron chi connectivity index (χ1n) is 12.8. The average Bonchev–Trinajstić information content (AvgIpc) is 3.71. The molecule has 9 aromatic rings. The predicted octanol–water partition coefficient (Wildman–Crippen LogP) is 6.91. The third-order valence-electron chi connectivity index (χ3n) is 8.38. The zero-order chi connectivity index (χ0) is 25.4. The second kappa shape index (κ2) is 7.38. The molecule has 0 atom stereocenters. The van der Waals surface area contributed by atoms with Crippen molar-refractivity contribution < 1.29 is 0 Å². The number of hydrogen-bond donors (Lipinski definition) is 0. The first kappa shape index (κ1) is 22.0. The third kappa shape index (κ3) is 2.48. The van der Waals surface area contributed by atoms with Crippen molar-refractivity contribution >= 4 is 105 Å². The summed E-state index contributed by atoms with van der Waals surface area (Å²) in [6, 6.07) is 22.2. The van der Waals surface area contributed by atoms with Gasteiger partial charge in [0.1, 0.15) is 0 Å². The van der Waals surface area contributed by atoms with Crippen LogP contribution in [0.2, 0.25) is 0 Å². The van der Waals surface area contributed by atoms with Crippen LogP contribution in [0.15, 0.2) is 78.4 Å². The molecule has 0 amide bonds. The monoisotopic (exact) mass is 721 g/mol. The fourth-order valence-electron chi connectivity index (χ4n) is 6.94. The molecule has 0 aliphatic rings. The van der Waals surface area contributed by atoms with Gasteiger partial charge in [-0.05, 0) is 0 Å². The molecule has 0 unspecified atom stereocenters. The number of benzene rings is 5. The van der Waals surface area contributed by atoms with Crippen LogP contribution < -0.4 is 11.1 Å². The molecule has 0 saturated heterocycles. The summed E-state index contributed by atoms with van der Waals surface area (Å²) in [5, 5.41) is 13.0. The Kier molecular flexibility index (Phi) is 4.26. The van der Waals surface area contributed by atoms with Crippen molar-refractivity contribution in [3.8, 4) is 18.3 Å². The minimum absolute atomic E-state index is 0.150. The summed E-state index contributed by atoms with van der Waals surface area (Å²) in [6.07, 6.45) is 0. The van der Waals surface area contributed by atoms with E-state index in [2.05, 4.69) is 68.8 Å². The van der Waals surface area contributed by atoms with E-state index >= 15 is 0 Å². The molecular formula is C33H19NO2Te2. The molecule has 0 radical (unpaired) electrons. The zero-order valence-corrected chi connectivity index (χ0v) is 25.2. The van der Waals surface area contributed by atoms with E-state index in [0.717, 1.165) is 21.5 Å². The molecule has 0 fully saturated rings. The fourth-order valence-corrected chi connectivity index (χ4v) is 11.3. The quantitative estimate of drug-likeness (QED) is 0.147. The number of hydrogen-bond acceptors (Lipinski definition) is 2. The van der Waals surface area contributed by atoms with Crippen LogP contribution in [0.4, 0.5) is 0 Å². The predicted molar refractivity (Wildman–Crippen MR) is 162 cm³/mol. The Hall–Kier alpha value is -2.92. The van der Waals surface area contributed by atoms with Crippen LogP contribution >= 0.6 is 0 Å². The molecule has 3 nitrogen and oxygen atoms in total. The van der Waals surface area contributed by atoms with Gasteiger partial charge in [-0.15, -0.1) is 0 Å². The SMILES string of the molecule is CC(C)n1c(=O)c2c3cc(-c4ccc[te]4)c4ccc5ccc6c(-c7ccc[te]7)cc(c2c1=O)c1c6c5c4c31. The Morgan fingerprint density at radius 2 is 1.05 bits per heavy atom. The number of aromatic nitrogens is 1. The molecule has 0 spiro atoms. The van der Waals surface area contributed by atoms with Crippen molar-refractivity contribution in [2.75, 3.05) is 0 Å². The van der Waals surface area contributed by atoms with Crippen LogP contribution in [-0.2, 0) is 0 Å². The Morgan fingerprint density at radius 1 is 0.579 bits per heavy atom. The molecule has 5 heteroatoms. The van der Waals surface area contributed by atoms with E-state index in [9.17, 15) is 9.59 Å². The van der Waals surface area contributed by atoms with E-state index in [4.69, 9.17) is 0 Å². The molecule has 0 saturated carbocycles. The van der Waals surface area contributed by atoms with E-state index in [1.165, 1.54) is 55.2 Å². The van der Waals surface area contributed by atoms with Crippen LogP contribution in [0.1, 0.15) is 19.9 Å². The molecule has 38 heavy (non-hydrogen) atoms. The van der Waals surface area contributed by atoms with Crippen LogP contribution in [0.5, 0.6) is 0 Å². The van der Waals surface area contributed by atoms with E-state index < -0.39 is 40.9 Å². The van der Waals surface area contributed by atoms with Gasteiger partial charge >= 0.3 is 238 Å². The van der Waals surface area contributed by atoms with Gasteiger partial charge in [0.25, 0.3) is 0 Å². The molecule has 0 aliphatic carbocycles. The second-order valence-electron chi connectivity index (χ2n) is 10.5. The van der Waals surface area contributed by atoms with Crippen molar-refractivity contribution in [3.05, 3.63) is 89.5 Å². The molecule has 3 heterocycles. The van der Waals surface area contributed by atoms with Crippen LogP contribution in [0, 0.1) is 0 Å². The van der Waals surface area contributed by atoms with E-state index in [1.54, 1.807) is 0 Å². The van der Waals surface area contributed by atoms with Gasteiger partial charge in [0.2, 0.25) is 0 Å². The maximum atomic E-state index is 14.0. The average molecular weight is 717 g/mol. The topological polar surface area (TPSA) is 39.1 Å². The Labute approximate surface area is 236 Å². The number of nitrogens with zero attached hydrogens (tertiary/aromatic N) is 1. The third-order valence-corrected chi connectivity index (χ3v) is 13.5. The minimum atomic E-state index is -0.428. The molecule has 0 aliphatic heterocycles. The summed E-state index contributed by atoms with van der Waals surface area (Å²) in [4.78, 5) is 28.1. The Morgan fingerprint density at radius 3 is 1.47 bits per heavy atom. The van der Waals surface area contributed by atoms with Crippen molar-refractivity contribution in [2.24, 2.45) is 0 Å². The van der Waals surface area contributed by atoms with Crippen molar-refractivity contribution in [3.63, 3.8) is 0 Å². The van der Waals surface area contributed by atoms with E-state index in [1.807, 2.05) is 13.8 Å². The van der Waals surface area contributed by atoms with Gasteiger partial charge in [-0.3, -0.25) is 0 Å². The van der Waals surface area contributed by atoms with Crippen molar-refractivity contribution in [2.45, 2.75) is 19.9 Å². The van der Waals surface area contributed by atoms with Gasteiger partial charge in [-0.25, -0.2) is 0 Å². The molecule has 6 aromatic carbocycles. The summed E-state index contributed by atoms with van der Waals surface area (Å²) in [7, 11) is 0. The molecule has 0 bridgehead atoms. The molecule has 180 valence electrons. The summed E-state index contributed by atoms with van der Waals surface area (Å²) in [5.74, 6) is 0. The van der Waals surface area contributed by atoms with E-state index in [-0.39, 0.29) is 17.2 Å². The van der Waals surface area contributed by atoms with Gasteiger partial charge < -0.3 is 0 Å². The maximum absolute atomic E-state index is 14.0. The van der Waals surface area contributed by atoms with Gasteiger partial charge in [-0.2, -0.15) is 0 Å². The second-order valence-corrected chi connectivity index (χ2v) is 16.0. The van der Waals surface area contributed by atoms with Gasteiger partial charge in [0, 0.05) is 0 Å². The van der Waals surface area contributed by atoms with Crippen LogP contribution in [0.25, 0.3) is 82.9 Å². The standard InChI is InChI=1S/C33H19NO2Te2/c1-15(2)34-32(35)30-21-13-19(23-5-3-11-37-23)17-9-7-16-8-10-18-20(24-6-4-12-38-24)14-22(31(30)33(34)36)29-27(18)25(16)26(17)28(21)29/h3-15H,1-2H3. The first-order valence-corrected chi connectivity index (χ1v) is 17.8. The van der Waals surface area contributed by atoms with Gasteiger partial charge in [0.15, 0.2) is 0 Å². The number of rotatable bonds is 3. The Bertz CT molecular complexity index is 2280. The zero-order valence-electron chi connectivity index (χ0n) is 20.6. The molecule has 3 aromatic heterocycles. The number of fused-ring (bicyclic) bond motifs is 3. The summed E-state index contributed by atoms with van der Waals surface area (Å²) < 4.78 is 8.87. The van der Waals surface area contributed by atoms with Gasteiger partial charge in [-0.1, -0.05) is 0 Å². The van der Waals surface area contributed by atoms with Crippen molar-refractivity contribution in [1.29, 1.82) is 0 Å². The molecular weight excluding hydrogens is 698 g/mol. The Balaban J connectivity index is 1.70. The van der Waals surface area contributed by atoms with E-state index in [0.29, 0.717) is 10.8 Å². The first-order chi connectivity index (χ1) is 18.5. The summed E-state index contributed by atoms with van der Waals surface area (Å²) in [6.45, 7) is 3.86. The van der Waals surface area contributed by atoms with Crippen LogP contribution in [-0.4, -0.2) is 45.4 Å². The molecule has 0 N–H and O–H groups in total.